The Bertz CT molecular complexity index is 817. The minimum atomic E-state index is -0.560. The van der Waals surface area contributed by atoms with E-state index in [2.05, 4.69) is 5.32 Å². The lowest BCUT2D eigenvalue weighted by molar-refractivity contribution is -0.140. The van der Waals surface area contributed by atoms with E-state index in [0.29, 0.717) is 6.54 Å². The largest absolute Gasteiger partial charge is 0.497 e. The van der Waals surface area contributed by atoms with Crippen molar-refractivity contribution < 1.29 is 14.3 Å². The molecular weight excluding hydrogens is 364 g/mol. The van der Waals surface area contributed by atoms with Gasteiger partial charge in [-0.05, 0) is 50.5 Å². The molecule has 0 aromatic heterocycles. The Morgan fingerprint density at radius 3 is 2.34 bits per heavy atom. The van der Waals surface area contributed by atoms with Crippen LogP contribution in [0.3, 0.4) is 0 Å². The molecule has 0 heterocycles. The van der Waals surface area contributed by atoms with Crippen LogP contribution in [0.2, 0.25) is 0 Å². The number of carbonyl (C=O) groups excluding carboxylic acids is 2. The molecule has 2 amide bonds. The van der Waals surface area contributed by atoms with Crippen LogP contribution >= 0.6 is 0 Å². The first-order valence-electron chi connectivity index (χ1n) is 10.1. The van der Waals surface area contributed by atoms with E-state index in [-0.39, 0.29) is 24.3 Å². The third-order valence-electron chi connectivity index (χ3n) is 5.12. The van der Waals surface area contributed by atoms with E-state index >= 15 is 0 Å². The lowest BCUT2D eigenvalue weighted by Gasteiger charge is -2.30. The van der Waals surface area contributed by atoms with Gasteiger partial charge in [-0.3, -0.25) is 9.59 Å². The Kier molecular flexibility index (Phi) is 8.25. The third kappa shape index (κ3) is 6.63. The fourth-order valence-electron chi connectivity index (χ4n) is 3.07. The summed E-state index contributed by atoms with van der Waals surface area (Å²) >= 11 is 0. The highest BCUT2D eigenvalue weighted by Crippen LogP contribution is 2.16. The van der Waals surface area contributed by atoms with E-state index < -0.39 is 6.04 Å². The molecule has 0 radical (unpaired) electrons. The maximum absolute atomic E-state index is 13.2. The highest BCUT2D eigenvalue weighted by atomic mass is 16.5. The molecule has 2 aromatic rings. The molecule has 0 spiro atoms. The number of nitrogens with zero attached hydrogens (tertiary/aromatic N) is 1. The molecule has 2 rings (SSSR count). The maximum Gasteiger partial charge on any atom is 0.242 e. The van der Waals surface area contributed by atoms with Crippen molar-refractivity contribution in [1.29, 1.82) is 0 Å². The van der Waals surface area contributed by atoms with E-state index in [0.717, 1.165) is 28.9 Å². The van der Waals surface area contributed by atoms with Gasteiger partial charge in [0.1, 0.15) is 11.8 Å². The molecule has 5 heteroatoms. The number of rotatable bonds is 9. The molecular formula is C24H32N2O3. The number of methoxy groups -OCH3 is 1. The van der Waals surface area contributed by atoms with Crippen molar-refractivity contribution in [2.75, 3.05) is 7.11 Å². The predicted octanol–water partition coefficient (Wildman–Crippen LogP) is 3.88. The molecule has 1 N–H and O–H groups in total. The SMILES string of the molecule is CCC(C)NC(=O)C(C)N(Cc1cccc(C)c1)C(=O)Cc1ccc(OC)cc1. The zero-order valence-electron chi connectivity index (χ0n) is 18.1. The number of ether oxygens (including phenoxy) is 1. The van der Waals surface area contributed by atoms with Crippen molar-refractivity contribution in [1.82, 2.24) is 10.2 Å². The van der Waals surface area contributed by atoms with Gasteiger partial charge in [-0.15, -0.1) is 0 Å². The lowest BCUT2D eigenvalue weighted by Crippen LogP contribution is -2.49. The van der Waals surface area contributed by atoms with Crippen LogP contribution in [0, 0.1) is 6.92 Å². The minimum absolute atomic E-state index is 0.0717. The Labute approximate surface area is 174 Å². The predicted molar refractivity (Wildman–Crippen MR) is 116 cm³/mol. The van der Waals surface area contributed by atoms with Gasteiger partial charge in [-0.2, -0.15) is 0 Å². The summed E-state index contributed by atoms with van der Waals surface area (Å²) in [6.45, 7) is 8.20. The zero-order chi connectivity index (χ0) is 21.4. The first-order chi connectivity index (χ1) is 13.8. The number of carbonyl (C=O) groups is 2. The van der Waals surface area contributed by atoms with Gasteiger partial charge in [0.25, 0.3) is 0 Å². The van der Waals surface area contributed by atoms with Gasteiger partial charge >= 0.3 is 0 Å². The minimum Gasteiger partial charge on any atom is -0.497 e. The van der Waals surface area contributed by atoms with Crippen molar-refractivity contribution in [3.63, 3.8) is 0 Å². The normalized spacial score (nSPS) is 12.7. The molecule has 0 fully saturated rings. The second-order valence-electron chi connectivity index (χ2n) is 7.53. The quantitative estimate of drug-likeness (QED) is 0.700. The van der Waals surface area contributed by atoms with E-state index in [1.54, 1.807) is 18.9 Å². The number of benzene rings is 2. The van der Waals surface area contributed by atoms with Crippen LogP contribution < -0.4 is 10.1 Å². The summed E-state index contributed by atoms with van der Waals surface area (Å²) in [6, 6.07) is 15.0. The number of nitrogens with one attached hydrogen (secondary N) is 1. The van der Waals surface area contributed by atoms with Crippen LogP contribution in [0.15, 0.2) is 48.5 Å². The molecule has 2 unspecified atom stereocenters. The smallest absolute Gasteiger partial charge is 0.242 e. The Morgan fingerprint density at radius 2 is 1.76 bits per heavy atom. The highest BCUT2D eigenvalue weighted by Gasteiger charge is 2.26. The Morgan fingerprint density at radius 1 is 1.07 bits per heavy atom. The average molecular weight is 397 g/mol. The molecule has 2 atom stereocenters. The number of amides is 2. The molecule has 29 heavy (non-hydrogen) atoms. The van der Waals surface area contributed by atoms with Crippen LogP contribution in [0.1, 0.15) is 43.9 Å². The molecule has 0 aliphatic heterocycles. The first kappa shape index (κ1) is 22.5. The van der Waals surface area contributed by atoms with Gasteiger partial charge in [-0.25, -0.2) is 0 Å². The van der Waals surface area contributed by atoms with E-state index in [1.807, 2.05) is 69.3 Å². The molecule has 0 aliphatic rings. The van der Waals surface area contributed by atoms with Gasteiger partial charge < -0.3 is 15.0 Å². The standard InChI is InChI=1S/C24H32N2O3/c1-6-18(3)25-24(28)19(4)26(16-21-9-7-8-17(2)14-21)23(27)15-20-10-12-22(29-5)13-11-20/h7-14,18-19H,6,15-16H2,1-5H3,(H,25,28). The lowest BCUT2D eigenvalue weighted by atomic mass is 10.1. The van der Waals surface area contributed by atoms with Crippen molar-refractivity contribution in [3.05, 3.63) is 65.2 Å². The van der Waals surface area contributed by atoms with Crippen LogP contribution in [-0.2, 0) is 22.6 Å². The average Bonchev–Trinajstić information content (AvgIpc) is 2.71. The number of hydrogen-bond donors (Lipinski definition) is 1. The van der Waals surface area contributed by atoms with Gasteiger partial charge in [0, 0.05) is 12.6 Å². The summed E-state index contributed by atoms with van der Waals surface area (Å²) < 4.78 is 5.18. The maximum atomic E-state index is 13.2. The molecule has 0 bridgehead atoms. The van der Waals surface area contributed by atoms with Crippen molar-refractivity contribution in [3.8, 4) is 5.75 Å². The van der Waals surface area contributed by atoms with E-state index in [4.69, 9.17) is 4.74 Å². The fraction of sp³-hybridized carbons (Fsp3) is 0.417. The number of aryl methyl sites for hydroxylation is 1. The fourth-order valence-corrected chi connectivity index (χ4v) is 3.07. The first-order valence-corrected chi connectivity index (χ1v) is 10.1. The second kappa shape index (κ2) is 10.6. The Hall–Kier alpha value is -2.82. The van der Waals surface area contributed by atoms with Crippen molar-refractivity contribution in [2.24, 2.45) is 0 Å². The molecule has 0 saturated carbocycles. The van der Waals surface area contributed by atoms with Crippen LogP contribution in [0.5, 0.6) is 5.75 Å². The van der Waals surface area contributed by atoms with Gasteiger partial charge in [0.15, 0.2) is 0 Å². The third-order valence-corrected chi connectivity index (χ3v) is 5.12. The molecule has 0 saturated heterocycles. The number of hydrogen-bond acceptors (Lipinski definition) is 3. The molecule has 0 aliphatic carbocycles. The van der Waals surface area contributed by atoms with Gasteiger partial charge in [-0.1, -0.05) is 48.9 Å². The zero-order valence-corrected chi connectivity index (χ0v) is 18.1. The van der Waals surface area contributed by atoms with Crippen LogP contribution in [0.4, 0.5) is 0 Å². The van der Waals surface area contributed by atoms with E-state index in [1.165, 1.54) is 0 Å². The van der Waals surface area contributed by atoms with Gasteiger partial charge in [0.2, 0.25) is 11.8 Å². The second-order valence-corrected chi connectivity index (χ2v) is 7.53. The summed E-state index contributed by atoms with van der Waals surface area (Å²) in [4.78, 5) is 27.6. The Balaban J connectivity index is 2.21. The summed E-state index contributed by atoms with van der Waals surface area (Å²) in [5.74, 6) is 0.540. The van der Waals surface area contributed by atoms with Crippen molar-refractivity contribution >= 4 is 11.8 Å². The summed E-state index contributed by atoms with van der Waals surface area (Å²) in [6.07, 6.45) is 1.08. The van der Waals surface area contributed by atoms with Crippen LogP contribution in [-0.4, -0.2) is 35.9 Å². The van der Waals surface area contributed by atoms with Crippen LogP contribution in [0.25, 0.3) is 0 Å². The van der Waals surface area contributed by atoms with E-state index in [9.17, 15) is 9.59 Å². The molecule has 2 aromatic carbocycles. The summed E-state index contributed by atoms with van der Waals surface area (Å²) in [5, 5.41) is 2.99. The van der Waals surface area contributed by atoms with Crippen molar-refractivity contribution in [2.45, 2.75) is 59.2 Å². The highest BCUT2D eigenvalue weighted by molar-refractivity contribution is 5.88. The summed E-state index contributed by atoms with van der Waals surface area (Å²) in [5.41, 5.74) is 3.03. The summed E-state index contributed by atoms with van der Waals surface area (Å²) in [7, 11) is 1.61. The topological polar surface area (TPSA) is 58.6 Å². The van der Waals surface area contributed by atoms with Gasteiger partial charge in [0.05, 0.1) is 13.5 Å². The monoisotopic (exact) mass is 396 g/mol. The molecule has 5 nitrogen and oxygen atoms in total. The molecule has 156 valence electrons.